The zero-order valence-corrected chi connectivity index (χ0v) is 9.63. The molecule has 0 fully saturated rings. The lowest BCUT2D eigenvalue weighted by atomic mass is 10.2. The van der Waals surface area contributed by atoms with Gasteiger partial charge in [0, 0.05) is 6.20 Å². The highest BCUT2D eigenvalue weighted by Crippen LogP contribution is 2.27. The fourth-order valence-corrected chi connectivity index (χ4v) is 1.80. The van der Waals surface area contributed by atoms with E-state index in [1.165, 1.54) is 6.20 Å². The monoisotopic (exact) mass is 239 g/mol. The van der Waals surface area contributed by atoms with Gasteiger partial charge >= 0.3 is 5.97 Å². The highest BCUT2D eigenvalue weighted by molar-refractivity contribution is 6.38. The molecule has 2 rings (SSSR count). The lowest BCUT2D eigenvalue weighted by Gasteiger charge is -2.04. The van der Waals surface area contributed by atoms with Crippen LogP contribution in [0, 0.1) is 6.92 Å². The Balaban J connectivity index is 2.59. The summed E-state index contributed by atoms with van der Waals surface area (Å²) in [5, 5.41) is 7.70. The number of esters is 1. The van der Waals surface area contributed by atoms with E-state index in [1.54, 1.807) is 13.8 Å². The number of nitrogens with one attached hydrogen (secondary N) is 1. The van der Waals surface area contributed by atoms with E-state index >= 15 is 0 Å². The van der Waals surface area contributed by atoms with Crippen molar-refractivity contribution in [2.75, 3.05) is 6.61 Å². The van der Waals surface area contributed by atoms with Crippen LogP contribution in [0.2, 0.25) is 5.02 Å². The van der Waals surface area contributed by atoms with Gasteiger partial charge in [-0.2, -0.15) is 5.10 Å². The second-order valence-corrected chi connectivity index (χ2v) is 3.62. The zero-order chi connectivity index (χ0) is 11.7. The average Bonchev–Trinajstić information content (AvgIpc) is 2.62. The third-order valence-corrected chi connectivity index (χ3v) is 2.59. The normalized spacial score (nSPS) is 10.7. The molecule has 0 aliphatic rings. The van der Waals surface area contributed by atoms with Gasteiger partial charge in [0.15, 0.2) is 5.65 Å². The van der Waals surface area contributed by atoms with Crippen LogP contribution in [0.15, 0.2) is 6.20 Å². The number of aromatic amines is 1. The van der Waals surface area contributed by atoms with Crippen molar-refractivity contribution in [3.63, 3.8) is 0 Å². The molecule has 1 N–H and O–H groups in total. The van der Waals surface area contributed by atoms with Crippen LogP contribution in [0.1, 0.15) is 23.0 Å². The molecule has 0 saturated carbocycles. The van der Waals surface area contributed by atoms with Crippen molar-refractivity contribution in [3.05, 3.63) is 22.5 Å². The standard InChI is InChI=1S/C10H10ClN3O2/c1-3-16-10(15)6-4-12-9-7(8(6)11)5(2)13-14-9/h4H,3H2,1-2H3,(H,12,13,14). The van der Waals surface area contributed by atoms with Gasteiger partial charge in [-0.3, -0.25) is 5.10 Å². The fraction of sp³-hybridized carbons (Fsp3) is 0.300. The third kappa shape index (κ3) is 1.63. The van der Waals surface area contributed by atoms with Gasteiger partial charge in [0.25, 0.3) is 0 Å². The van der Waals surface area contributed by atoms with Gasteiger partial charge in [0.2, 0.25) is 0 Å². The van der Waals surface area contributed by atoms with Crippen molar-refractivity contribution < 1.29 is 9.53 Å². The van der Waals surface area contributed by atoms with Gasteiger partial charge in [0.1, 0.15) is 0 Å². The van der Waals surface area contributed by atoms with Crippen LogP contribution in [0.5, 0.6) is 0 Å². The minimum absolute atomic E-state index is 0.264. The molecule has 0 amide bonds. The molecule has 0 unspecified atom stereocenters. The number of carbonyl (C=O) groups excluding carboxylic acids is 1. The van der Waals surface area contributed by atoms with E-state index in [-0.39, 0.29) is 5.56 Å². The van der Waals surface area contributed by atoms with Gasteiger partial charge in [-0.25, -0.2) is 9.78 Å². The zero-order valence-electron chi connectivity index (χ0n) is 8.87. The summed E-state index contributed by atoms with van der Waals surface area (Å²) in [6, 6.07) is 0. The summed E-state index contributed by atoms with van der Waals surface area (Å²) in [5.74, 6) is -0.470. The maximum absolute atomic E-state index is 11.6. The number of fused-ring (bicyclic) bond motifs is 1. The number of hydrogen-bond donors (Lipinski definition) is 1. The molecular weight excluding hydrogens is 230 g/mol. The van der Waals surface area contributed by atoms with E-state index in [2.05, 4.69) is 15.2 Å². The number of hydrogen-bond acceptors (Lipinski definition) is 4. The summed E-state index contributed by atoms with van der Waals surface area (Å²) >= 11 is 6.12. The number of aromatic nitrogens is 3. The quantitative estimate of drug-likeness (QED) is 0.815. The first-order valence-corrected chi connectivity index (χ1v) is 5.19. The van der Waals surface area contributed by atoms with Gasteiger partial charge in [-0.05, 0) is 13.8 Å². The molecule has 0 aliphatic carbocycles. The summed E-state index contributed by atoms with van der Waals surface area (Å²) in [5.41, 5.74) is 1.54. The summed E-state index contributed by atoms with van der Waals surface area (Å²) in [7, 11) is 0. The molecule has 0 bridgehead atoms. The number of aryl methyl sites for hydroxylation is 1. The minimum Gasteiger partial charge on any atom is -0.462 e. The Morgan fingerprint density at radius 2 is 2.38 bits per heavy atom. The lowest BCUT2D eigenvalue weighted by Crippen LogP contribution is -2.06. The molecule has 0 aromatic carbocycles. The SMILES string of the molecule is CCOC(=O)c1cnc2[nH]nc(C)c2c1Cl. The molecule has 0 aliphatic heterocycles. The van der Waals surface area contributed by atoms with E-state index in [1.807, 2.05) is 0 Å². The first kappa shape index (κ1) is 10.9. The molecule has 0 spiro atoms. The van der Waals surface area contributed by atoms with Crippen LogP contribution < -0.4 is 0 Å². The Morgan fingerprint density at radius 3 is 3.06 bits per heavy atom. The van der Waals surface area contributed by atoms with Crippen molar-refractivity contribution in [1.82, 2.24) is 15.2 Å². The molecule has 6 heteroatoms. The largest absolute Gasteiger partial charge is 0.462 e. The number of carbonyl (C=O) groups is 1. The fourth-order valence-electron chi connectivity index (χ4n) is 1.45. The topological polar surface area (TPSA) is 67.9 Å². The number of pyridine rings is 1. The second kappa shape index (κ2) is 4.09. The van der Waals surface area contributed by atoms with E-state index < -0.39 is 5.97 Å². The Kier molecular flexibility index (Phi) is 2.78. The number of rotatable bonds is 2. The van der Waals surface area contributed by atoms with Crippen molar-refractivity contribution in [2.45, 2.75) is 13.8 Å². The second-order valence-electron chi connectivity index (χ2n) is 3.24. The van der Waals surface area contributed by atoms with E-state index in [0.29, 0.717) is 28.4 Å². The van der Waals surface area contributed by atoms with Crippen molar-refractivity contribution >= 4 is 28.6 Å². The Hall–Kier alpha value is -1.62. The molecular formula is C10H10ClN3O2. The Labute approximate surface area is 96.8 Å². The summed E-state index contributed by atoms with van der Waals surface area (Å²) in [6.45, 7) is 3.83. The van der Waals surface area contributed by atoms with Crippen LogP contribution >= 0.6 is 11.6 Å². The van der Waals surface area contributed by atoms with Gasteiger partial charge < -0.3 is 4.74 Å². The van der Waals surface area contributed by atoms with Crippen LogP contribution in [0.4, 0.5) is 0 Å². The van der Waals surface area contributed by atoms with Crippen molar-refractivity contribution in [1.29, 1.82) is 0 Å². The van der Waals surface area contributed by atoms with E-state index in [0.717, 1.165) is 0 Å². The Bertz CT molecular complexity index is 550. The molecule has 2 heterocycles. The first-order chi connectivity index (χ1) is 7.65. The van der Waals surface area contributed by atoms with E-state index in [9.17, 15) is 4.79 Å². The number of H-pyrrole nitrogens is 1. The molecule has 2 aromatic heterocycles. The van der Waals surface area contributed by atoms with Crippen LogP contribution in [-0.2, 0) is 4.74 Å². The number of ether oxygens (including phenoxy) is 1. The van der Waals surface area contributed by atoms with E-state index in [4.69, 9.17) is 16.3 Å². The number of halogens is 1. The predicted octanol–water partition coefficient (Wildman–Crippen LogP) is 2.10. The van der Waals surface area contributed by atoms with Gasteiger partial charge in [-0.1, -0.05) is 11.6 Å². The van der Waals surface area contributed by atoms with Crippen molar-refractivity contribution in [3.8, 4) is 0 Å². The predicted molar refractivity (Wildman–Crippen MR) is 59.6 cm³/mol. The highest BCUT2D eigenvalue weighted by atomic mass is 35.5. The van der Waals surface area contributed by atoms with Crippen LogP contribution in [-0.4, -0.2) is 27.8 Å². The molecule has 0 radical (unpaired) electrons. The van der Waals surface area contributed by atoms with Crippen LogP contribution in [0.3, 0.4) is 0 Å². The molecule has 0 atom stereocenters. The Morgan fingerprint density at radius 1 is 1.62 bits per heavy atom. The van der Waals surface area contributed by atoms with Crippen LogP contribution in [0.25, 0.3) is 11.0 Å². The molecule has 16 heavy (non-hydrogen) atoms. The summed E-state index contributed by atoms with van der Waals surface area (Å²) < 4.78 is 4.88. The molecule has 0 saturated heterocycles. The first-order valence-electron chi connectivity index (χ1n) is 4.81. The molecule has 84 valence electrons. The molecule has 5 nitrogen and oxygen atoms in total. The third-order valence-electron chi connectivity index (χ3n) is 2.20. The average molecular weight is 240 g/mol. The number of nitrogens with zero attached hydrogens (tertiary/aromatic N) is 2. The lowest BCUT2D eigenvalue weighted by molar-refractivity contribution is 0.0526. The minimum atomic E-state index is -0.470. The summed E-state index contributed by atoms with van der Waals surface area (Å²) in [4.78, 5) is 15.6. The smallest absolute Gasteiger partial charge is 0.341 e. The van der Waals surface area contributed by atoms with Gasteiger partial charge in [0.05, 0.1) is 28.3 Å². The summed E-state index contributed by atoms with van der Waals surface area (Å²) in [6.07, 6.45) is 1.39. The maximum atomic E-state index is 11.6. The highest BCUT2D eigenvalue weighted by Gasteiger charge is 2.17. The molecule has 2 aromatic rings. The van der Waals surface area contributed by atoms with Crippen molar-refractivity contribution in [2.24, 2.45) is 0 Å². The van der Waals surface area contributed by atoms with Gasteiger partial charge in [-0.15, -0.1) is 0 Å². The maximum Gasteiger partial charge on any atom is 0.341 e.